The molecule has 0 aliphatic rings. The second-order valence-corrected chi connectivity index (χ2v) is 5.20. The molecule has 0 aliphatic heterocycles. The maximum absolute atomic E-state index is 13.3. The first kappa shape index (κ1) is 17.0. The first-order valence-electron chi connectivity index (χ1n) is 7.32. The molecule has 0 saturated heterocycles. The van der Waals surface area contributed by atoms with Crippen LogP contribution in [-0.2, 0) is 12.8 Å². The summed E-state index contributed by atoms with van der Waals surface area (Å²) in [5.74, 6) is 0.601. The van der Waals surface area contributed by atoms with E-state index in [9.17, 15) is 18.3 Å². The lowest BCUT2D eigenvalue weighted by atomic mass is 10.1. The van der Waals surface area contributed by atoms with Gasteiger partial charge in [-0.05, 0) is 36.4 Å². The molecule has 130 valence electrons. The highest BCUT2D eigenvalue weighted by atomic mass is 19.4. The Bertz CT molecular complexity index is 874. The third kappa shape index (κ3) is 3.20. The van der Waals surface area contributed by atoms with Crippen LogP contribution < -0.4 is 4.74 Å². The molecule has 0 fully saturated rings. The summed E-state index contributed by atoms with van der Waals surface area (Å²) < 4.78 is 46.2. The molecule has 1 N–H and O–H groups in total. The molecule has 2 aromatic carbocycles. The number of alkyl halides is 3. The molecule has 1 aromatic heterocycles. The first-order chi connectivity index (χ1) is 12.0. The standard InChI is InChI=1S/C17H14F3N3O2/c1-25-12-8-6-11(7-9-12)16-14(10-24)21-22-23(16)15-5-3-2-4-13(15)17(18,19)20/h2-9,24H,10H2,1H3. The van der Waals surface area contributed by atoms with Gasteiger partial charge in [0.1, 0.15) is 17.1 Å². The van der Waals surface area contributed by atoms with Crippen LogP contribution in [0.2, 0.25) is 0 Å². The number of benzene rings is 2. The second-order valence-electron chi connectivity index (χ2n) is 5.20. The molecule has 25 heavy (non-hydrogen) atoms. The van der Waals surface area contributed by atoms with Crippen molar-refractivity contribution in [3.63, 3.8) is 0 Å². The summed E-state index contributed by atoms with van der Waals surface area (Å²) in [6.45, 7) is -0.449. The smallest absolute Gasteiger partial charge is 0.418 e. The van der Waals surface area contributed by atoms with E-state index in [1.807, 2.05) is 0 Å². The topological polar surface area (TPSA) is 60.2 Å². The Labute approximate surface area is 141 Å². The summed E-state index contributed by atoms with van der Waals surface area (Å²) in [7, 11) is 1.51. The summed E-state index contributed by atoms with van der Waals surface area (Å²) in [6.07, 6.45) is -4.54. The van der Waals surface area contributed by atoms with Gasteiger partial charge in [-0.1, -0.05) is 17.3 Å². The zero-order chi connectivity index (χ0) is 18.0. The minimum atomic E-state index is -4.54. The monoisotopic (exact) mass is 349 g/mol. The number of methoxy groups -OCH3 is 1. The predicted molar refractivity (Wildman–Crippen MR) is 84.3 cm³/mol. The number of aromatic nitrogens is 3. The zero-order valence-electron chi connectivity index (χ0n) is 13.2. The van der Waals surface area contributed by atoms with Gasteiger partial charge < -0.3 is 9.84 Å². The van der Waals surface area contributed by atoms with Crippen molar-refractivity contribution in [3.05, 3.63) is 59.8 Å². The van der Waals surface area contributed by atoms with Crippen LogP contribution in [0.4, 0.5) is 13.2 Å². The lowest BCUT2D eigenvalue weighted by Crippen LogP contribution is -2.12. The van der Waals surface area contributed by atoms with Crippen LogP contribution in [0, 0.1) is 0 Å². The van der Waals surface area contributed by atoms with Gasteiger partial charge in [0.25, 0.3) is 0 Å². The van der Waals surface area contributed by atoms with Gasteiger partial charge in [0.15, 0.2) is 0 Å². The summed E-state index contributed by atoms with van der Waals surface area (Å²) in [6, 6.07) is 11.8. The van der Waals surface area contributed by atoms with Crippen LogP contribution in [0.25, 0.3) is 16.9 Å². The average molecular weight is 349 g/mol. The summed E-state index contributed by atoms with van der Waals surface area (Å²) in [5, 5.41) is 17.2. The van der Waals surface area contributed by atoms with Crippen LogP contribution in [0.3, 0.4) is 0 Å². The van der Waals surface area contributed by atoms with Crippen LogP contribution >= 0.6 is 0 Å². The zero-order valence-corrected chi connectivity index (χ0v) is 13.2. The molecule has 0 spiro atoms. The van der Waals surface area contributed by atoms with E-state index in [0.29, 0.717) is 17.0 Å². The summed E-state index contributed by atoms with van der Waals surface area (Å²) >= 11 is 0. The van der Waals surface area contributed by atoms with Gasteiger partial charge >= 0.3 is 6.18 Å². The second kappa shape index (κ2) is 6.56. The fraction of sp³-hybridized carbons (Fsp3) is 0.176. The Morgan fingerprint density at radius 2 is 1.76 bits per heavy atom. The number of ether oxygens (including phenoxy) is 1. The highest BCUT2D eigenvalue weighted by Crippen LogP contribution is 2.36. The molecule has 3 rings (SSSR count). The van der Waals surface area contributed by atoms with E-state index in [1.165, 1.54) is 25.3 Å². The molecule has 0 unspecified atom stereocenters. The van der Waals surface area contributed by atoms with Crippen LogP contribution in [0.5, 0.6) is 5.75 Å². The number of halogens is 3. The van der Waals surface area contributed by atoms with Gasteiger partial charge in [0.05, 0.1) is 25.0 Å². The predicted octanol–water partition coefficient (Wildman–Crippen LogP) is 3.45. The third-order valence-electron chi connectivity index (χ3n) is 3.69. The van der Waals surface area contributed by atoms with E-state index < -0.39 is 18.3 Å². The molecule has 0 amide bonds. The number of nitrogens with zero attached hydrogens (tertiary/aromatic N) is 3. The van der Waals surface area contributed by atoms with E-state index in [0.717, 1.165) is 10.7 Å². The number of rotatable bonds is 4. The summed E-state index contributed by atoms with van der Waals surface area (Å²) in [5.41, 5.74) is 0.0444. The fourth-order valence-corrected chi connectivity index (χ4v) is 2.52. The number of hydrogen-bond donors (Lipinski definition) is 1. The van der Waals surface area contributed by atoms with Crippen molar-refractivity contribution in [3.8, 4) is 22.7 Å². The highest BCUT2D eigenvalue weighted by Gasteiger charge is 2.34. The van der Waals surface area contributed by atoms with Gasteiger partial charge in [-0.3, -0.25) is 0 Å². The average Bonchev–Trinajstić information content (AvgIpc) is 3.05. The largest absolute Gasteiger partial charge is 0.497 e. The molecule has 0 atom stereocenters. The van der Waals surface area contributed by atoms with E-state index in [1.54, 1.807) is 24.3 Å². The molecular weight excluding hydrogens is 335 g/mol. The van der Waals surface area contributed by atoms with Crippen molar-refractivity contribution < 1.29 is 23.0 Å². The normalized spacial score (nSPS) is 11.6. The Hall–Kier alpha value is -2.87. The molecule has 0 saturated carbocycles. The van der Waals surface area contributed by atoms with Crippen molar-refractivity contribution in [2.24, 2.45) is 0 Å². The Morgan fingerprint density at radius 3 is 2.36 bits per heavy atom. The van der Waals surface area contributed by atoms with Crippen molar-refractivity contribution in [2.75, 3.05) is 7.11 Å². The van der Waals surface area contributed by atoms with Gasteiger partial charge in [-0.15, -0.1) is 5.10 Å². The summed E-state index contributed by atoms with van der Waals surface area (Å²) in [4.78, 5) is 0. The Balaban J connectivity index is 2.21. The minimum Gasteiger partial charge on any atom is -0.497 e. The van der Waals surface area contributed by atoms with Crippen LogP contribution in [-0.4, -0.2) is 27.2 Å². The fourth-order valence-electron chi connectivity index (χ4n) is 2.52. The van der Waals surface area contributed by atoms with Gasteiger partial charge in [0, 0.05) is 5.56 Å². The molecule has 8 heteroatoms. The number of para-hydroxylation sites is 1. The Morgan fingerprint density at radius 1 is 1.08 bits per heavy atom. The number of hydrogen-bond acceptors (Lipinski definition) is 4. The maximum atomic E-state index is 13.3. The number of aliphatic hydroxyl groups is 1. The van der Waals surface area contributed by atoms with Crippen molar-refractivity contribution >= 4 is 0 Å². The first-order valence-corrected chi connectivity index (χ1v) is 7.32. The van der Waals surface area contributed by atoms with Gasteiger partial charge in [-0.2, -0.15) is 13.2 Å². The quantitative estimate of drug-likeness (QED) is 0.784. The van der Waals surface area contributed by atoms with E-state index in [-0.39, 0.29) is 11.4 Å². The molecule has 1 heterocycles. The third-order valence-corrected chi connectivity index (χ3v) is 3.69. The molecule has 3 aromatic rings. The van der Waals surface area contributed by atoms with E-state index in [4.69, 9.17) is 4.74 Å². The van der Waals surface area contributed by atoms with E-state index in [2.05, 4.69) is 10.3 Å². The maximum Gasteiger partial charge on any atom is 0.418 e. The molecule has 5 nitrogen and oxygen atoms in total. The van der Waals surface area contributed by atoms with Crippen LogP contribution in [0.15, 0.2) is 48.5 Å². The SMILES string of the molecule is COc1ccc(-c2c(CO)nnn2-c2ccccc2C(F)(F)F)cc1. The minimum absolute atomic E-state index is 0.159. The Kier molecular flexibility index (Phi) is 4.45. The lowest BCUT2D eigenvalue weighted by Gasteiger charge is -2.14. The van der Waals surface area contributed by atoms with Gasteiger partial charge in [-0.25, -0.2) is 4.68 Å². The van der Waals surface area contributed by atoms with Crippen molar-refractivity contribution in [2.45, 2.75) is 12.8 Å². The van der Waals surface area contributed by atoms with Crippen molar-refractivity contribution in [1.29, 1.82) is 0 Å². The van der Waals surface area contributed by atoms with Gasteiger partial charge in [0.2, 0.25) is 0 Å². The van der Waals surface area contributed by atoms with E-state index >= 15 is 0 Å². The molecule has 0 radical (unpaired) electrons. The van der Waals surface area contributed by atoms with Crippen LogP contribution in [0.1, 0.15) is 11.3 Å². The molecule has 0 bridgehead atoms. The number of aliphatic hydroxyl groups excluding tert-OH is 1. The highest BCUT2D eigenvalue weighted by molar-refractivity contribution is 5.65. The van der Waals surface area contributed by atoms with Crippen molar-refractivity contribution in [1.82, 2.24) is 15.0 Å². The molecular formula is C17H14F3N3O2. The molecule has 0 aliphatic carbocycles. The lowest BCUT2D eigenvalue weighted by molar-refractivity contribution is -0.137.